The number of carbonyl (C=O) groups excluding carboxylic acids is 1. The fourth-order valence-electron chi connectivity index (χ4n) is 2.89. The van der Waals surface area contributed by atoms with Gasteiger partial charge < -0.3 is 0 Å². The second-order valence-corrected chi connectivity index (χ2v) is 5.55. The van der Waals surface area contributed by atoms with E-state index in [1.54, 1.807) is 0 Å². The van der Waals surface area contributed by atoms with Gasteiger partial charge in [-0.05, 0) is 24.0 Å². The van der Waals surface area contributed by atoms with E-state index in [0.717, 1.165) is 42.4 Å². The molecule has 0 atom stereocenters. The Labute approximate surface area is 128 Å². The maximum Gasteiger partial charge on any atom is 0.166 e. The summed E-state index contributed by atoms with van der Waals surface area (Å²) in [4.78, 5) is 12.9. The summed E-state index contributed by atoms with van der Waals surface area (Å²) in [6.07, 6.45) is 4.08. The number of Topliss-reactive ketones (excluding diaryl/α,β-unsaturated/α-hetero) is 1. The van der Waals surface area contributed by atoms with Crippen LogP contribution in [0, 0.1) is 5.92 Å². The highest BCUT2D eigenvalue weighted by atomic mass is 16.1. The second kappa shape index (κ2) is 7.78. The van der Waals surface area contributed by atoms with E-state index in [1.807, 2.05) is 36.4 Å². The van der Waals surface area contributed by atoms with Gasteiger partial charge in [-0.2, -0.15) is 0 Å². The van der Waals surface area contributed by atoms with Crippen LogP contribution >= 0.6 is 0 Å². The molecule has 0 spiro atoms. The molecule has 0 aliphatic rings. The summed E-state index contributed by atoms with van der Waals surface area (Å²) in [6.45, 7) is 4.30. The van der Waals surface area contributed by atoms with Crippen molar-refractivity contribution < 1.29 is 4.79 Å². The zero-order valence-corrected chi connectivity index (χ0v) is 13.0. The Morgan fingerprint density at radius 3 is 2.05 bits per heavy atom. The van der Waals surface area contributed by atoms with Crippen molar-refractivity contribution in [2.24, 2.45) is 5.92 Å². The monoisotopic (exact) mass is 280 g/mol. The average molecular weight is 280 g/mol. The Bertz CT molecular complexity index is 565. The number of carbonyl (C=O) groups is 1. The van der Waals surface area contributed by atoms with Crippen molar-refractivity contribution >= 4 is 5.78 Å². The van der Waals surface area contributed by atoms with Gasteiger partial charge in [-0.25, -0.2) is 0 Å². The molecule has 0 radical (unpaired) electrons. The van der Waals surface area contributed by atoms with Crippen molar-refractivity contribution in [2.45, 2.75) is 39.5 Å². The smallest absolute Gasteiger partial charge is 0.166 e. The molecule has 110 valence electrons. The van der Waals surface area contributed by atoms with E-state index in [1.165, 1.54) is 0 Å². The first-order valence-electron chi connectivity index (χ1n) is 7.96. The highest BCUT2D eigenvalue weighted by Gasteiger charge is 2.21. The van der Waals surface area contributed by atoms with Gasteiger partial charge in [0.2, 0.25) is 0 Å². The van der Waals surface area contributed by atoms with Crippen molar-refractivity contribution in [3.63, 3.8) is 0 Å². The van der Waals surface area contributed by atoms with Crippen LogP contribution in [-0.4, -0.2) is 5.78 Å². The zero-order valence-electron chi connectivity index (χ0n) is 13.0. The average Bonchev–Trinajstić information content (AvgIpc) is 2.55. The lowest BCUT2D eigenvalue weighted by Crippen LogP contribution is -2.15. The van der Waals surface area contributed by atoms with Gasteiger partial charge in [0.15, 0.2) is 5.78 Å². The van der Waals surface area contributed by atoms with Gasteiger partial charge in [-0.1, -0.05) is 81.3 Å². The Balaban J connectivity index is 2.37. The highest BCUT2D eigenvalue weighted by molar-refractivity contribution is 6.03. The van der Waals surface area contributed by atoms with Crippen LogP contribution in [0.1, 0.15) is 49.9 Å². The zero-order chi connectivity index (χ0) is 15.1. The van der Waals surface area contributed by atoms with Crippen LogP contribution in [0.2, 0.25) is 0 Å². The van der Waals surface area contributed by atoms with E-state index in [9.17, 15) is 4.79 Å². The fraction of sp³-hybridized carbons (Fsp3) is 0.350. The van der Waals surface area contributed by atoms with Gasteiger partial charge in [0.05, 0.1) is 0 Å². The molecule has 0 aromatic heterocycles. The summed E-state index contributed by atoms with van der Waals surface area (Å²) >= 11 is 0. The summed E-state index contributed by atoms with van der Waals surface area (Å²) in [5, 5.41) is 0. The summed E-state index contributed by atoms with van der Waals surface area (Å²) < 4.78 is 0. The molecular formula is C20H24O. The third-order valence-electron chi connectivity index (χ3n) is 3.92. The van der Waals surface area contributed by atoms with Gasteiger partial charge >= 0.3 is 0 Å². The van der Waals surface area contributed by atoms with E-state index >= 15 is 0 Å². The van der Waals surface area contributed by atoms with Gasteiger partial charge in [0, 0.05) is 11.5 Å². The first-order chi connectivity index (χ1) is 10.3. The van der Waals surface area contributed by atoms with Crippen LogP contribution in [0.15, 0.2) is 54.6 Å². The van der Waals surface area contributed by atoms with Crippen molar-refractivity contribution in [3.05, 3.63) is 60.2 Å². The Morgan fingerprint density at radius 2 is 1.43 bits per heavy atom. The lowest BCUT2D eigenvalue weighted by molar-refractivity contribution is 0.0905. The largest absolute Gasteiger partial charge is 0.294 e. The first-order valence-corrected chi connectivity index (χ1v) is 7.96. The molecule has 2 rings (SSSR count). The van der Waals surface area contributed by atoms with E-state index in [2.05, 4.69) is 32.0 Å². The van der Waals surface area contributed by atoms with E-state index in [-0.39, 0.29) is 5.92 Å². The maximum atomic E-state index is 12.9. The summed E-state index contributed by atoms with van der Waals surface area (Å²) in [5.41, 5.74) is 3.05. The van der Waals surface area contributed by atoms with Crippen LogP contribution < -0.4 is 0 Å². The Morgan fingerprint density at radius 1 is 0.857 bits per heavy atom. The molecule has 2 aromatic carbocycles. The lowest BCUT2D eigenvalue weighted by atomic mass is 9.86. The van der Waals surface area contributed by atoms with E-state index in [4.69, 9.17) is 0 Å². The summed E-state index contributed by atoms with van der Waals surface area (Å²) in [5.74, 6) is 0.461. The third kappa shape index (κ3) is 3.81. The fourth-order valence-corrected chi connectivity index (χ4v) is 2.89. The predicted molar refractivity (Wildman–Crippen MR) is 89.5 cm³/mol. The SMILES string of the molecule is CCCC(CCC)C(=O)c1ccccc1-c1ccccc1. The standard InChI is InChI=1S/C20H24O/c1-3-10-17(11-4-2)20(21)19-15-9-8-14-18(19)16-12-6-5-7-13-16/h5-9,12-15,17H,3-4,10-11H2,1-2H3. The lowest BCUT2D eigenvalue weighted by Gasteiger charge is -2.16. The van der Waals surface area contributed by atoms with E-state index in [0.29, 0.717) is 5.78 Å². The normalized spacial score (nSPS) is 10.8. The molecule has 21 heavy (non-hydrogen) atoms. The quantitative estimate of drug-likeness (QED) is 0.590. The van der Waals surface area contributed by atoms with Crippen molar-refractivity contribution in [2.75, 3.05) is 0 Å². The maximum absolute atomic E-state index is 12.9. The molecule has 0 amide bonds. The minimum atomic E-state index is 0.157. The van der Waals surface area contributed by atoms with Crippen LogP contribution in [-0.2, 0) is 0 Å². The molecule has 1 heteroatoms. The molecule has 0 saturated carbocycles. The Hall–Kier alpha value is -1.89. The number of rotatable bonds is 7. The first kappa shape index (κ1) is 15.5. The second-order valence-electron chi connectivity index (χ2n) is 5.55. The molecule has 0 bridgehead atoms. The van der Waals surface area contributed by atoms with Gasteiger partial charge in [0.1, 0.15) is 0 Å². The third-order valence-corrected chi connectivity index (χ3v) is 3.92. The molecular weight excluding hydrogens is 256 g/mol. The molecule has 0 fully saturated rings. The molecule has 0 N–H and O–H groups in total. The van der Waals surface area contributed by atoms with Crippen LogP contribution in [0.4, 0.5) is 0 Å². The topological polar surface area (TPSA) is 17.1 Å². The van der Waals surface area contributed by atoms with Gasteiger partial charge in [-0.15, -0.1) is 0 Å². The van der Waals surface area contributed by atoms with Crippen molar-refractivity contribution in [3.8, 4) is 11.1 Å². The number of benzene rings is 2. The minimum absolute atomic E-state index is 0.157. The molecule has 2 aromatic rings. The highest BCUT2D eigenvalue weighted by Crippen LogP contribution is 2.28. The van der Waals surface area contributed by atoms with E-state index < -0.39 is 0 Å². The van der Waals surface area contributed by atoms with Crippen molar-refractivity contribution in [1.82, 2.24) is 0 Å². The van der Waals surface area contributed by atoms with Gasteiger partial charge in [-0.3, -0.25) is 4.79 Å². The summed E-state index contributed by atoms with van der Waals surface area (Å²) in [6, 6.07) is 18.2. The molecule has 0 heterocycles. The van der Waals surface area contributed by atoms with Crippen LogP contribution in [0.5, 0.6) is 0 Å². The summed E-state index contributed by atoms with van der Waals surface area (Å²) in [7, 11) is 0. The van der Waals surface area contributed by atoms with Crippen LogP contribution in [0.3, 0.4) is 0 Å². The number of ketones is 1. The molecule has 0 saturated heterocycles. The Kier molecular flexibility index (Phi) is 5.74. The molecule has 1 nitrogen and oxygen atoms in total. The van der Waals surface area contributed by atoms with Gasteiger partial charge in [0.25, 0.3) is 0 Å². The minimum Gasteiger partial charge on any atom is -0.294 e. The molecule has 0 aliphatic heterocycles. The molecule has 0 unspecified atom stereocenters. The molecule has 0 aliphatic carbocycles. The number of hydrogen-bond donors (Lipinski definition) is 0. The van der Waals surface area contributed by atoms with Crippen LogP contribution in [0.25, 0.3) is 11.1 Å². The predicted octanol–water partition coefficient (Wildman–Crippen LogP) is 5.75. The van der Waals surface area contributed by atoms with Crippen molar-refractivity contribution in [1.29, 1.82) is 0 Å². The number of hydrogen-bond acceptors (Lipinski definition) is 1.